The molecule has 0 spiro atoms. The molecule has 5 nitrogen and oxygen atoms in total. The number of piperidine rings is 1. The molecule has 1 aromatic carbocycles. The zero-order chi connectivity index (χ0) is 13.5. The van der Waals surface area contributed by atoms with E-state index in [0.717, 1.165) is 42.4 Å². The molecule has 4 rings (SSSR count). The van der Waals surface area contributed by atoms with Crippen molar-refractivity contribution in [3.63, 3.8) is 0 Å². The van der Waals surface area contributed by atoms with Crippen molar-refractivity contribution in [2.75, 3.05) is 13.1 Å². The largest absolute Gasteiger partial charge is 0.337 e. The van der Waals surface area contributed by atoms with Gasteiger partial charge in [0.05, 0.1) is 11.1 Å². The number of H-pyrrole nitrogens is 1. The number of nitrogens with one attached hydrogen (secondary N) is 2. The van der Waals surface area contributed by atoms with Gasteiger partial charge in [-0.05, 0) is 32.0 Å². The Morgan fingerprint density at radius 1 is 1.15 bits per heavy atom. The van der Waals surface area contributed by atoms with Gasteiger partial charge in [-0.1, -0.05) is 23.4 Å². The molecule has 0 aliphatic carbocycles. The lowest BCUT2D eigenvalue weighted by molar-refractivity contribution is 0.400. The molecule has 1 aliphatic rings. The van der Waals surface area contributed by atoms with Crippen molar-refractivity contribution in [2.24, 2.45) is 0 Å². The third kappa shape index (κ3) is 1.67. The molecular formula is C15H15N3O2. The Hall–Kier alpha value is -2.14. The maximum absolute atomic E-state index is 12.0. The lowest BCUT2D eigenvalue weighted by Crippen LogP contribution is -2.26. The first-order chi connectivity index (χ1) is 9.84. The van der Waals surface area contributed by atoms with Gasteiger partial charge in [-0.15, -0.1) is 0 Å². The summed E-state index contributed by atoms with van der Waals surface area (Å²) in [5, 5.41) is 10.2. The summed E-state index contributed by atoms with van der Waals surface area (Å²) in [5.41, 5.74) is 1.34. The fourth-order valence-electron chi connectivity index (χ4n) is 3.09. The van der Waals surface area contributed by atoms with E-state index in [9.17, 15) is 4.79 Å². The summed E-state index contributed by atoms with van der Waals surface area (Å²) >= 11 is 0. The molecule has 2 aromatic heterocycles. The Morgan fingerprint density at radius 3 is 2.70 bits per heavy atom. The summed E-state index contributed by atoms with van der Waals surface area (Å²) in [6.45, 7) is 2.00. The van der Waals surface area contributed by atoms with Gasteiger partial charge in [-0.3, -0.25) is 9.78 Å². The minimum Gasteiger partial charge on any atom is -0.337 e. The normalized spacial score (nSPS) is 17.0. The number of hydrogen-bond donors (Lipinski definition) is 2. The van der Waals surface area contributed by atoms with Gasteiger partial charge in [0.15, 0.2) is 0 Å². The molecule has 5 heteroatoms. The Labute approximate surface area is 115 Å². The van der Waals surface area contributed by atoms with Crippen molar-refractivity contribution in [3.05, 3.63) is 40.3 Å². The minimum absolute atomic E-state index is 0.124. The summed E-state index contributed by atoms with van der Waals surface area (Å²) in [4.78, 5) is 14.8. The quantitative estimate of drug-likeness (QED) is 0.710. The van der Waals surface area contributed by atoms with Gasteiger partial charge < -0.3 is 9.84 Å². The monoisotopic (exact) mass is 269 g/mol. The van der Waals surface area contributed by atoms with Gasteiger partial charge in [0, 0.05) is 16.7 Å². The van der Waals surface area contributed by atoms with Crippen LogP contribution in [0.1, 0.15) is 24.5 Å². The van der Waals surface area contributed by atoms with Gasteiger partial charge in [0.1, 0.15) is 0 Å². The molecular weight excluding hydrogens is 254 g/mol. The van der Waals surface area contributed by atoms with Crippen molar-refractivity contribution < 1.29 is 4.52 Å². The topological polar surface area (TPSA) is 70.9 Å². The average Bonchev–Trinajstić information content (AvgIpc) is 2.92. The van der Waals surface area contributed by atoms with E-state index in [2.05, 4.69) is 15.5 Å². The number of aromatic nitrogens is 2. The van der Waals surface area contributed by atoms with Gasteiger partial charge in [0.2, 0.25) is 5.71 Å². The van der Waals surface area contributed by atoms with Crippen LogP contribution in [-0.2, 0) is 0 Å². The minimum atomic E-state index is -0.124. The first-order valence-corrected chi connectivity index (χ1v) is 6.95. The number of pyridine rings is 1. The maximum Gasteiger partial charge on any atom is 0.258 e. The van der Waals surface area contributed by atoms with Crippen LogP contribution >= 0.6 is 0 Å². The number of fused-ring (bicyclic) bond motifs is 3. The average molecular weight is 269 g/mol. The zero-order valence-corrected chi connectivity index (χ0v) is 11.0. The van der Waals surface area contributed by atoms with Gasteiger partial charge >= 0.3 is 0 Å². The highest BCUT2D eigenvalue weighted by atomic mass is 16.5. The molecule has 0 bridgehead atoms. The van der Waals surface area contributed by atoms with Crippen LogP contribution in [0, 0.1) is 0 Å². The maximum atomic E-state index is 12.0. The van der Waals surface area contributed by atoms with E-state index in [4.69, 9.17) is 4.52 Å². The first-order valence-electron chi connectivity index (χ1n) is 6.95. The predicted molar refractivity (Wildman–Crippen MR) is 77.0 cm³/mol. The van der Waals surface area contributed by atoms with Crippen LogP contribution in [0.4, 0.5) is 0 Å². The molecule has 0 atom stereocenters. The summed E-state index contributed by atoms with van der Waals surface area (Å²) in [6, 6.07) is 7.63. The number of aromatic amines is 1. The third-order valence-electron chi connectivity index (χ3n) is 4.11. The molecule has 1 saturated heterocycles. The fourth-order valence-corrected chi connectivity index (χ4v) is 3.09. The van der Waals surface area contributed by atoms with Crippen molar-refractivity contribution in [3.8, 4) is 0 Å². The molecule has 3 aromatic rings. The molecule has 20 heavy (non-hydrogen) atoms. The van der Waals surface area contributed by atoms with Crippen molar-refractivity contribution in [1.82, 2.24) is 15.5 Å². The van der Waals surface area contributed by atoms with E-state index in [-0.39, 0.29) is 5.56 Å². The molecule has 1 aliphatic heterocycles. The second-order valence-corrected chi connectivity index (χ2v) is 5.30. The molecule has 0 unspecified atom stereocenters. The van der Waals surface area contributed by atoms with Crippen molar-refractivity contribution >= 4 is 21.9 Å². The van der Waals surface area contributed by atoms with Crippen LogP contribution in [0.2, 0.25) is 0 Å². The van der Waals surface area contributed by atoms with Crippen LogP contribution in [-0.4, -0.2) is 23.2 Å². The van der Waals surface area contributed by atoms with Crippen LogP contribution in [0.5, 0.6) is 0 Å². The van der Waals surface area contributed by atoms with Crippen LogP contribution in [0.3, 0.4) is 0 Å². The summed E-state index contributed by atoms with van der Waals surface area (Å²) < 4.78 is 5.37. The van der Waals surface area contributed by atoms with E-state index in [1.165, 1.54) is 0 Å². The number of hydrogen-bond acceptors (Lipinski definition) is 4. The smallest absolute Gasteiger partial charge is 0.258 e. The first kappa shape index (κ1) is 11.7. The zero-order valence-electron chi connectivity index (χ0n) is 11.0. The highest BCUT2D eigenvalue weighted by Crippen LogP contribution is 2.33. The Balaban J connectivity index is 2.03. The molecule has 0 saturated carbocycles. The van der Waals surface area contributed by atoms with Crippen molar-refractivity contribution in [2.45, 2.75) is 18.8 Å². The van der Waals surface area contributed by atoms with E-state index in [0.29, 0.717) is 17.0 Å². The molecule has 1 fully saturated rings. The van der Waals surface area contributed by atoms with E-state index in [1.54, 1.807) is 0 Å². The van der Waals surface area contributed by atoms with Crippen LogP contribution in [0.25, 0.3) is 21.9 Å². The molecule has 102 valence electrons. The summed E-state index contributed by atoms with van der Waals surface area (Å²) in [7, 11) is 0. The van der Waals surface area contributed by atoms with Gasteiger partial charge in [-0.2, -0.15) is 0 Å². The number of benzene rings is 1. The molecule has 0 radical (unpaired) electrons. The molecule has 0 amide bonds. The second-order valence-electron chi connectivity index (χ2n) is 5.30. The van der Waals surface area contributed by atoms with E-state index in [1.807, 2.05) is 24.3 Å². The standard InChI is InChI=1S/C15H15N3O2/c19-14-11-4-2-1-3-10(11)12-13(18-20-15(12)17-14)9-5-7-16-8-6-9/h1-4,9,16H,5-8H2,(H,17,19). The summed E-state index contributed by atoms with van der Waals surface area (Å²) in [5.74, 6) is 0.395. The second kappa shape index (κ2) is 4.45. The predicted octanol–water partition coefficient (Wildman–Crippen LogP) is 2.14. The number of nitrogens with zero attached hydrogens (tertiary/aromatic N) is 1. The van der Waals surface area contributed by atoms with E-state index >= 15 is 0 Å². The lowest BCUT2D eigenvalue weighted by Gasteiger charge is -2.20. The van der Waals surface area contributed by atoms with Crippen LogP contribution in [0.15, 0.2) is 33.6 Å². The third-order valence-corrected chi connectivity index (χ3v) is 4.11. The number of rotatable bonds is 1. The van der Waals surface area contributed by atoms with Gasteiger partial charge in [0.25, 0.3) is 5.56 Å². The Morgan fingerprint density at radius 2 is 1.90 bits per heavy atom. The highest BCUT2D eigenvalue weighted by molar-refractivity contribution is 6.05. The Kier molecular flexibility index (Phi) is 2.60. The van der Waals surface area contributed by atoms with Gasteiger partial charge in [-0.25, -0.2) is 0 Å². The SMILES string of the molecule is O=c1[nH]c2onc(C3CCNCC3)c2c2ccccc12. The lowest BCUT2D eigenvalue weighted by atomic mass is 9.92. The van der Waals surface area contributed by atoms with Crippen LogP contribution < -0.4 is 10.9 Å². The van der Waals surface area contributed by atoms with Crippen molar-refractivity contribution in [1.29, 1.82) is 0 Å². The highest BCUT2D eigenvalue weighted by Gasteiger charge is 2.23. The molecule has 3 heterocycles. The Bertz CT molecular complexity index is 828. The van der Waals surface area contributed by atoms with E-state index < -0.39 is 0 Å². The molecule has 2 N–H and O–H groups in total. The fraction of sp³-hybridized carbons (Fsp3) is 0.333. The summed E-state index contributed by atoms with van der Waals surface area (Å²) in [6.07, 6.45) is 2.10.